The van der Waals surface area contributed by atoms with Crippen molar-refractivity contribution < 1.29 is 9.84 Å². The lowest BCUT2D eigenvalue weighted by Gasteiger charge is -2.08. The lowest BCUT2D eigenvalue weighted by molar-refractivity contribution is 0.341. The summed E-state index contributed by atoms with van der Waals surface area (Å²) < 4.78 is 6.41. The van der Waals surface area contributed by atoms with E-state index >= 15 is 0 Å². The maximum atomic E-state index is 10.8. The Morgan fingerprint density at radius 3 is 2.82 bits per heavy atom. The molecule has 1 N–H and O–H groups in total. The van der Waals surface area contributed by atoms with Crippen molar-refractivity contribution in [2.75, 3.05) is 6.61 Å². The number of nitrogens with zero attached hydrogens (tertiary/aromatic N) is 4. The standard InChI is InChI=1S/C20H18N4O2S2/c1-3-26-14-7-5-4-6-13(14)18-17(25)16-19(28-18)20(22-11-21-16)24-23-10-15-12(2)8-9-27-15/h4-9,11,25H,3,10H2,1-2H3. The van der Waals surface area contributed by atoms with E-state index in [-0.39, 0.29) is 5.75 Å². The lowest BCUT2D eigenvalue weighted by Crippen LogP contribution is -1.92. The average Bonchev–Trinajstić information content (AvgIpc) is 3.27. The Morgan fingerprint density at radius 2 is 2.04 bits per heavy atom. The van der Waals surface area contributed by atoms with E-state index in [1.54, 1.807) is 11.3 Å². The van der Waals surface area contributed by atoms with Gasteiger partial charge in [-0.3, -0.25) is 0 Å². The summed E-state index contributed by atoms with van der Waals surface area (Å²) in [5.41, 5.74) is 2.50. The fourth-order valence-corrected chi connectivity index (χ4v) is 4.74. The first kappa shape index (κ1) is 18.5. The second-order valence-electron chi connectivity index (χ2n) is 6.01. The molecule has 4 rings (SSSR count). The molecule has 0 unspecified atom stereocenters. The number of benzene rings is 1. The normalized spacial score (nSPS) is 11.5. The molecule has 0 aliphatic carbocycles. The molecule has 0 atom stereocenters. The Balaban J connectivity index is 1.73. The molecule has 3 aromatic heterocycles. The van der Waals surface area contributed by atoms with Crippen LogP contribution in [0.4, 0.5) is 5.82 Å². The summed E-state index contributed by atoms with van der Waals surface area (Å²) in [6.07, 6.45) is 1.40. The molecule has 0 saturated heterocycles. The number of ether oxygens (including phenoxy) is 1. The molecule has 28 heavy (non-hydrogen) atoms. The molecular weight excluding hydrogens is 392 g/mol. The van der Waals surface area contributed by atoms with Gasteiger partial charge >= 0.3 is 0 Å². The molecule has 0 fully saturated rings. The molecule has 0 saturated carbocycles. The largest absolute Gasteiger partial charge is 0.504 e. The average molecular weight is 411 g/mol. The zero-order chi connectivity index (χ0) is 19.5. The molecule has 6 nitrogen and oxygen atoms in total. The van der Waals surface area contributed by atoms with Gasteiger partial charge in [0, 0.05) is 10.4 Å². The van der Waals surface area contributed by atoms with E-state index in [9.17, 15) is 5.11 Å². The molecule has 0 aliphatic heterocycles. The Hall–Kier alpha value is -2.84. The van der Waals surface area contributed by atoms with E-state index in [0.717, 1.165) is 11.3 Å². The quantitative estimate of drug-likeness (QED) is 0.389. The molecule has 3 heterocycles. The number of aromatic hydroxyl groups is 1. The van der Waals surface area contributed by atoms with Gasteiger partial charge in [-0.25, -0.2) is 9.97 Å². The summed E-state index contributed by atoms with van der Waals surface area (Å²) in [6, 6.07) is 9.70. The van der Waals surface area contributed by atoms with Crippen molar-refractivity contribution in [1.29, 1.82) is 0 Å². The third kappa shape index (κ3) is 3.48. The molecule has 0 spiro atoms. The topological polar surface area (TPSA) is 80.0 Å². The van der Waals surface area contributed by atoms with Crippen LogP contribution >= 0.6 is 22.7 Å². The molecule has 0 aliphatic rings. The van der Waals surface area contributed by atoms with Gasteiger partial charge in [0.2, 0.25) is 0 Å². The zero-order valence-corrected chi connectivity index (χ0v) is 17.0. The van der Waals surface area contributed by atoms with Gasteiger partial charge in [-0.05, 0) is 43.0 Å². The van der Waals surface area contributed by atoms with Crippen LogP contribution in [0.15, 0.2) is 52.3 Å². The zero-order valence-electron chi connectivity index (χ0n) is 15.4. The van der Waals surface area contributed by atoms with Gasteiger partial charge in [0.1, 0.15) is 22.3 Å². The Bertz CT molecular complexity index is 1150. The number of hydrogen-bond donors (Lipinski definition) is 1. The van der Waals surface area contributed by atoms with Crippen LogP contribution in [0.2, 0.25) is 0 Å². The highest BCUT2D eigenvalue weighted by Gasteiger charge is 2.20. The summed E-state index contributed by atoms with van der Waals surface area (Å²) >= 11 is 3.05. The number of hydrogen-bond acceptors (Lipinski definition) is 8. The SMILES string of the molecule is CCOc1ccccc1-c1sc2c(N=NCc3sccc3C)ncnc2c1O. The Labute approximate surface area is 170 Å². The number of thiophene rings is 2. The number of azo groups is 1. The van der Waals surface area contributed by atoms with Crippen molar-refractivity contribution >= 4 is 38.7 Å². The van der Waals surface area contributed by atoms with E-state index < -0.39 is 0 Å². The van der Waals surface area contributed by atoms with E-state index in [1.165, 1.54) is 28.1 Å². The highest BCUT2D eigenvalue weighted by molar-refractivity contribution is 7.23. The molecule has 0 bridgehead atoms. The van der Waals surface area contributed by atoms with Gasteiger partial charge in [0.05, 0.1) is 18.0 Å². The summed E-state index contributed by atoms with van der Waals surface area (Å²) in [5, 5.41) is 21.4. The van der Waals surface area contributed by atoms with Crippen LogP contribution in [0.3, 0.4) is 0 Å². The molecule has 0 amide bonds. The van der Waals surface area contributed by atoms with Crippen LogP contribution in [0.1, 0.15) is 17.4 Å². The maximum absolute atomic E-state index is 10.8. The maximum Gasteiger partial charge on any atom is 0.195 e. The van der Waals surface area contributed by atoms with Crippen molar-refractivity contribution in [3.05, 3.63) is 52.5 Å². The van der Waals surface area contributed by atoms with Crippen LogP contribution in [0, 0.1) is 6.92 Å². The minimum Gasteiger partial charge on any atom is -0.504 e. The second kappa shape index (κ2) is 8.04. The molecule has 142 valence electrons. The van der Waals surface area contributed by atoms with E-state index in [2.05, 4.69) is 33.2 Å². The van der Waals surface area contributed by atoms with Crippen LogP contribution in [0.5, 0.6) is 11.5 Å². The number of para-hydroxylation sites is 1. The van der Waals surface area contributed by atoms with Gasteiger partial charge < -0.3 is 9.84 Å². The fraction of sp³-hybridized carbons (Fsp3) is 0.200. The van der Waals surface area contributed by atoms with Crippen molar-refractivity contribution in [3.8, 4) is 21.9 Å². The van der Waals surface area contributed by atoms with E-state index in [4.69, 9.17) is 4.74 Å². The van der Waals surface area contributed by atoms with Crippen LogP contribution in [-0.4, -0.2) is 21.7 Å². The smallest absolute Gasteiger partial charge is 0.195 e. The van der Waals surface area contributed by atoms with Crippen molar-refractivity contribution in [3.63, 3.8) is 0 Å². The predicted molar refractivity (Wildman–Crippen MR) is 113 cm³/mol. The van der Waals surface area contributed by atoms with Crippen LogP contribution in [-0.2, 0) is 6.54 Å². The number of aromatic nitrogens is 2. The molecule has 1 aromatic carbocycles. The first-order chi connectivity index (χ1) is 13.7. The summed E-state index contributed by atoms with van der Waals surface area (Å²) in [5.74, 6) is 1.29. The van der Waals surface area contributed by atoms with Gasteiger partial charge in [-0.15, -0.1) is 27.8 Å². The highest BCUT2D eigenvalue weighted by atomic mass is 32.1. The molecule has 8 heteroatoms. The van der Waals surface area contributed by atoms with Gasteiger partial charge in [-0.2, -0.15) is 5.11 Å². The van der Waals surface area contributed by atoms with Gasteiger partial charge in [0.25, 0.3) is 0 Å². The van der Waals surface area contributed by atoms with E-state index in [1.807, 2.05) is 36.6 Å². The highest BCUT2D eigenvalue weighted by Crippen LogP contribution is 2.47. The Kier molecular flexibility index (Phi) is 5.31. The fourth-order valence-electron chi connectivity index (χ4n) is 2.81. The van der Waals surface area contributed by atoms with Gasteiger partial charge in [0.15, 0.2) is 11.6 Å². The molecule has 0 radical (unpaired) electrons. The van der Waals surface area contributed by atoms with Crippen molar-refractivity contribution in [2.45, 2.75) is 20.4 Å². The number of aryl methyl sites for hydroxylation is 1. The van der Waals surface area contributed by atoms with Crippen LogP contribution in [0.25, 0.3) is 20.7 Å². The number of rotatable bonds is 6. The summed E-state index contributed by atoms with van der Waals surface area (Å²) in [4.78, 5) is 10.4. The first-order valence-electron chi connectivity index (χ1n) is 8.78. The lowest BCUT2D eigenvalue weighted by atomic mass is 10.1. The molecule has 4 aromatic rings. The minimum absolute atomic E-state index is 0.111. The summed E-state index contributed by atoms with van der Waals surface area (Å²) in [6.45, 7) is 5.04. The van der Waals surface area contributed by atoms with Crippen molar-refractivity contribution in [2.24, 2.45) is 10.2 Å². The van der Waals surface area contributed by atoms with E-state index in [0.29, 0.717) is 34.1 Å². The van der Waals surface area contributed by atoms with Gasteiger partial charge in [-0.1, -0.05) is 12.1 Å². The third-order valence-electron chi connectivity index (χ3n) is 4.21. The monoisotopic (exact) mass is 410 g/mol. The molecular formula is C20H18N4O2S2. The predicted octanol–water partition coefficient (Wildman–Crippen LogP) is 6.12. The second-order valence-corrected chi connectivity index (χ2v) is 8.03. The first-order valence-corrected chi connectivity index (χ1v) is 10.5. The third-order valence-corrected chi connectivity index (χ3v) is 6.41. The minimum atomic E-state index is 0.111. The Morgan fingerprint density at radius 1 is 1.18 bits per heavy atom. The number of fused-ring (bicyclic) bond motifs is 1. The summed E-state index contributed by atoms with van der Waals surface area (Å²) in [7, 11) is 0. The van der Waals surface area contributed by atoms with Crippen molar-refractivity contribution in [1.82, 2.24) is 9.97 Å². The van der Waals surface area contributed by atoms with Crippen LogP contribution < -0.4 is 4.74 Å².